The van der Waals surface area contributed by atoms with E-state index in [1.807, 2.05) is 0 Å². The lowest BCUT2D eigenvalue weighted by molar-refractivity contribution is -0.183. The normalized spacial score (nSPS) is 19.0. The number of hydrogen-bond donors (Lipinski definition) is 7. The number of aliphatic hydroxyl groups is 3. The van der Waals surface area contributed by atoms with Crippen LogP contribution in [0.1, 0.15) is 39.5 Å². The van der Waals surface area contributed by atoms with E-state index in [1.54, 1.807) is 6.07 Å². The quantitative estimate of drug-likeness (QED) is 0.119. The van der Waals surface area contributed by atoms with Gasteiger partial charge in [-0.15, -0.1) is 0 Å². The summed E-state index contributed by atoms with van der Waals surface area (Å²) in [6, 6.07) is 5.54. The van der Waals surface area contributed by atoms with Gasteiger partial charge in [0.15, 0.2) is 34.5 Å². The number of aliphatic carboxylic acids is 1. The third-order valence-corrected chi connectivity index (χ3v) is 8.23. The molecule has 6 rings (SSSR count). The number of carbonyl (C=O) groups excluding carboxylic acids is 1. The molecule has 0 spiro atoms. The first kappa shape index (κ1) is 30.4. The molecule has 46 heavy (non-hydrogen) atoms. The van der Waals surface area contributed by atoms with Crippen molar-refractivity contribution in [1.82, 2.24) is 0 Å². The van der Waals surface area contributed by atoms with E-state index in [0.29, 0.717) is 23.1 Å². The predicted molar refractivity (Wildman–Crippen MR) is 157 cm³/mol. The van der Waals surface area contributed by atoms with Crippen molar-refractivity contribution in [1.29, 1.82) is 0 Å². The molecule has 0 saturated carbocycles. The zero-order valence-corrected chi connectivity index (χ0v) is 24.2. The van der Waals surface area contributed by atoms with E-state index in [-0.39, 0.29) is 57.6 Å². The molecule has 1 aliphatic heterocycles. The molecule has 0 fully saturated rings. The van der Waals surface area contributed by atoms with Crippen molar-refractivity contribution in [2.75, 3.05) is 0 Å². The monoisotopic (exact) mass is 634 g/mol. The van der Waals surface area contributed by atoms with Crippen molar-refractivity contribution in [2.45, 2.75) is 51.6 Å². The summed E-state index contributed by atoms with van der Waals surface area (Å²) in [5, 5.41) is 72.2. The number of hydrogen-bond acceptors (Lipinski definition) is 12. The summed E-state index contributed by atoms with van der Waals surface area (Å²) in [7, 11) is 0. The molecule has 2 aliphatic rings. The lowest BCUT2D eigenvalue weighted by Crippen LogP contribution is -2.48. The van der Waals surface area contributed by atoms with Crippen LogP contribution in [0.5, 0.6) is 17.2 Å². The third kappa shape index (κ3) is 4.49. The molecule has 0 saturated heterocycles. The molecule has 2 heterocycles. The molecule has 1 aromatic heterocycles. The lowest BCUT2D eigenvalue weighted by atomic mass is 9.78. The van der Waals surface area contributed by atoms with E-state index < -0.39 is 69.9 Å². The van der Waals surface area contributed by atoms with Gasteiger partial charge in [-0.2, -0.15) is 0 Å². The molecule has 3 atom stereocenters. The van der Waals surface area contributed by atoms with E-state index >= 15 is 0 Å². The Morgan fingerprint density at radius 1 is 0.978 bits per heavy atom. The summed E-state index contributed by atoms with van der Waals surface area (Å²) in [5.74, 6) is -6.81. The maximum absolute atomic E-state index is 13.9. The Morgan fingerprint density at radius 3 is 2.35 bits per heavy atom. The standard InChI is InChI=1S/C32H26O14/c1-10(33)8-13-9-12-6-7-14-19(17(12)11(2)18(13)30(40)41)23(36)20-21(34)15-4-3-5-16(27(15)45-28(20)22(14)35)44-32-26(39)24(37)25(38)29(46-32)31(42)43/h3-5,9,24,26,32,35-39H,6-8H2,1-2H3,(H,40,41)(H,42,43)/t24-,26+,32+/m0/s1. The number of aromatic carboxylic acids is 1. The second-order valence-electron chi connectivity index (χ2n) is 11.1. The first-order valence-corrected chi connectivity index (χ1v) is 13.9. The molecule has 0 radical (unpaired) electrons. The number of para-hydroxylation sites is 1. The second-order valence-corrected chi connectivity index (χ2v) is 11.1. The molecule has 3 aromatic carbocycles. The van der Waals surface area contributed by atoms with Crippen LogP contribution in [-0.2, 0) is 33.6 Å². The molecular weight excluding hydrogens is 608 g/mol. The number of carbonyl (C=O) groups is 3. The Hall–Kier alpha value is -5.60. The number of fused-ring (bicyclic) bond motifs is 5. The van der Waals surface area contributed by atoms with Gasteiger partial charge in [0.2, 0.25) is 11.2 Å². The summed E-state index contributed by atoms with van der Waals surface area (Å²) in [6.07, 6.45) is -5.60. The summed E-state index contributed by atoms with van der Waals surface area (Å²) in [6.45, 7) is 2.87. The van der Waals surface area contributed by atoms with Crippen LogP contribution in [0, 0.1) is 6.92 Å². The van der Waals surface area contributed by atoms with E-state index in [9.17, 15) is 54.9 Å². The Kier molecular flexibility index (Phi) is 7.13. The molecule has 0 bridgehead atoms. The number of aryl methyl sites for hydroxylation is 1. The molecule has 4 aromatic rings. The van der Waals surface area contributed by atoms with Crippen molar-refractivity contribution < 1.29 is 64.0 Å². The van der Waals surface area contributed by atoms with Crippen LogP contribution in [0.15, 0.2) is 45.0 Å². The molecule has 0 amide bonds. The summed E-state index contributed by atoms with van der Waals surface area (Å²) in [4.78, 5) is 49.5. The molecular formula is C32H26O14. The van der Waals surface area contributed by atoms with Gasteiger partial charge < -0.3 is 49.6 Å². The zero-order chi connectivity index (χ0) is 33.4. The molecule has 238 valence electrons. The lowest BCUT2D eigenvalue weighted by Gasteiger charge is -2.32. The van der Waals surface area contributed by atoms with Crippen molar-refractivity contribution >= 4 is 39.7 Å². The van der Waals surface area contributed by atoms with Crippen molar-refractivity contribution in [3.63, 3.8) is 0 Å². The summed E-state index contributed by atoms with van der Waals surface area (Å²) >= 11 is 0. The molecule has 14 nitrogen and oxygen atoms in total. The highest BCUT2D eigenvalue weighted by molar-refractivity contribution is 6.05. The average Bonchev–Trinajstić information content (AvgIpc) is 2.99. The minimum Gasteiger partial charge on any atom is -0.506 e. The van der Waals surface area contributed by atoms with Gasteiger partial charge in [0, 0.05) is 17.5 Å². The molecule has 0 unspecified atom stereocenters. The van der Waals surface area contributed by atoms with Crippen LogP contribution in [-0.4, -0.2) is 72.0 Å². The van der Waals surface area contributed by atoms with E-state index in [1.165, 1.54) is 32.0 Å². The minimum absolute atomic E-state index is 0.0557. The number of ether oxygens (including phenoxy) is 2. The topological polar surface area (TPSA) is 241 Å². The van der Waals surface area contributed by atoms with Crippen molar-refractivity contribution in [3.05, 3.63) is 73.8 Å². The van der Waals surface area contributed by atoms with E-state index in [4.69, 9.17) is 13.9 Å². The van der Waals surface area contributed by atoms with E-state index in [0.717, 1.165) is 0 Å². The van der Waals surface area contributed by atoms with Crippen LogP contribution in [0.2, 0.25) is 0 Å². The van der Waals surface area contributed by atoms with Crippen molar-refractivity contribution in [2.24, 2.45) is 0 Å². The maximum atomic E-state index is 13.9. The van der Waals surface area contributed by atoms with Gasteiger partial charge in [0.05, 0.1) is 10.9 Å². The third-order valence-electron chi connectivity index (χ3n) is 8.23. The number of rotatable bonds is 6. The Labute approximate surface area is 257 Å². The number of phenolic OH excluding ortho intramolecular Hbond substituents is 2. The maximum Gasteiger partial charge on any atom is 0.375 e. The highest BCUT2D eigenvalue weighted by Gasteiger charge is 2.43. The Morgan fingerprint density at radius 2 is 1.70 bits per heavy atom. The molecule has 14 heteroatoms. The first-order chi connectivity index (χ1) is 21.7. The van der Waals surface area contributed by atoms with Crippen molar-refractivity contribution in [3.8, 4) is 28.4 Å². The predicted octanol–water partition coefficient (Wildman–Crippen LogP) is 2.57. The van der Waals surface area contributed by atoms with Gasteiger partial charge in [-0.1, -0.05) is 12.1 Å². The highest BCUT2D eigenvalue weighted by atomic mass is 16.7. The van der Waals surface area contributed by atoms with Gasteiger partial charge >= 0.3 is 11.9 Å². The largest absolute Gasteiger partial charge is 0.506 e. The second kappa shape index (κ2) is 10.8. The SMILES string of the molecule is CC(=O)Cc1cc2c(c(C)c1C(=O)O)-c1c(c(O)c3oc4c(O[C@@H]5OC(C(=O)O)=C(O)[C@H](O)[C@H]5O)cccc4c(=O)c3c1O)CC2. The molecule has 7 N–H and O–H groups in total. The van der Waals surface area contributed by atoms with Gasteiger partial charge in [-0.3, -0.25) is 9.59 Å². The number of ketones is 1. The fraction of sp³-hybridized carbons (Fsp3) is 0.250. The smallest absolute Gasteiger partial charge is 0.375 e. The number of aliphatic hydroxyl groups excluding tert-OH is 3. The first-order valence-electron chi connectivity index (χ1n) is 13.9. The van der Waals surface area contributed by atoms with Gasteiger partial charge in [-0.05, 0) is 61.1 Å². The number of aromatic hydroxyl groups is 2. The summed E-state index contributed by atoms with van der Waals surface area (Å²) < 4.78 is 16.6. The minimum atomic E-state index is -2.08. The number of phenols is 2. The Balaban J connectivity index is 1.56. The van der Waals surface area contributed by atoms with Gasteiger partial charge in [-0.25, -0.2) is 9.59 Å². The van der Waals surface area contributed by atoms with E-state index in [2.05, 4.69) is 0 Å². The number of carboxylic acids is 2. The van der Waals surface area contributed by atoms with Crippen LogP contribution >= 0.6 is 0 Å². The van der Waals surface area contributed by atoms with Crippen LogP contribution in [0.25, 0.3) is 33.1 Å². The molecule has 1 aliphatic carbocycles. The Bertz CT molecular complexity index is 2120. The summed E-state index contributed by atoms with van der Waals surface area (Å²) in [5.41, 5.74) is 0.0612. The van der Waals surface area contributed by atoms with Gasteiger partial charge in [0.25, 0.3) is 6.29 Å². The van der Waals surface area contributed by atoms with Crippen LogP contribution in [0.4, 0.5) is 0 Å². The number of benzene rings is 3. The van der Waals surface area contributed by atoms with Crippen LogP contribution in [0.3, 0.4) is 0 Å². The number of carboxylic acid groups (broad SMARTS) is 2. The highest BCUT2D eigenvalue weighted by Crippen LogP contribution is 2.50. The van der Waals surface area contributed by atoms with Gasteiger partial charge in [0.1, 0.15) is 23.0 Å². The zero-order valence-electron chi connectivity index (χ0n) is 24.2. The fourth-order valence-electron chi connectivity index (χ4n) is 6.24. The number of Topliss-reactive ketones (excluding diaryl/α,β-unsaturated/α-hetero) is 1. The average molecular weight is 635 g/mol. The van der Waals surface area contributed by atoms with Crippen LogP contribution < -0.4 is 10.2 Å². The fourth-order valence-corrected chi connectivity index (χ4v) is 6.24.